The van der Waals surface area contributed by atoms with Crippen molar-refractivity contribution < 1.29 is 23.6 Å². The van der Waals surface area contributed by atoms with Crippen molar-refractivity contribution in [2.45, 2.75) is 19.3 Å². The molecular weight excluding hydrogens is 391 g/mol. The molecule has 30 heavy (non-hydrogen) atoms. The maximum absolute atomic E-state index is 14.0. The van der Waals surface area contributed by atoms with Crippen LogP contribution in [0.25, 0.3) is 0 Å². The van der Waals surface area contributed by atoms with Crippen LogP contribution in [0.2, 0.25) is 0 Å². The Hall–Kier alpha value is -2.97. The number of benzene rings is 1. The second kappa shape index (κ2) is 8.41. The molecule has 4 rings (SSSR count). The van der Waals surface area contributed by atoms with Gasteiger partial charge in [0.05, 0.1) is 11.6 Å². The highest BCUT2D eigenvalue weighted by molar-refractivity contribution is 6.35. The third-order valence-corrected chi connectivity index (χ3v) is 6.07. The summed E-state index contributed by atoms with van der Waals surface area (Å²) < 4.78 is 14.0. The van der Waals surface area contributed by atoms with Crippen LogP contribution in [0.5, 0.6) is 0 Å². The van der Waals surface area contributed by atoms with Gasteiger partial charge in [-0.3, -0.25) is 19.2 Å². The highest BCUT2D eigenvalue weighted by Gasteiger charge is 2.39. The van der Waals surface area contributed by atoms with Crippen LogP contribution >= 0.6 is 0 Å². The Kier molecular flexibility index (Phi) is 5.69. The summed E-state index contributed by atoms with van der Waals surface area (Å²) in [6.07, 6.45) is 1.89. The Labute approximate surface area is 174 Å². The summed E-state index contributed by atoms with van der Waals surface area (Å²) >= 11 is 0. The van der Waals surface area contributed by atoms with Crippen LogP contribution in [-0.2, 0) is 19.2 Å². The monoisotopic (exact) mass is 416 g/mol. The van der Waals surface area contributed by atoms with Crippen molar-refractivity contribution in [2.75, 3.05) is 50.7 Å². The van der Waals surface area contributed by atoms with Crippen LogP contribution in [-0.4, -0.2) is 84.1 Å². The molecule has 0 aliphatic carbocycles. The number of halogens is 1. The van der Waals surface area contributed by atoms with Gasteiger partial charge in [0.2, 0.25) is 11.8 Å². The average Bonchev–Trinajstić information content (AvgIpc) is 3.43. The first-order valence-corrected chi connectivity index (χ1v) is 10.4. The molecule has 0 aromatic heterocycles. The Morgan fingerprint density at radius 3 is 2.03 bits per heavy atom. The number of para-hydroxylation sites is 1. The van der Waals surface area contributed by atoms with Crippen LogP contribution in [0.1, 0.15) is 19.3 Å². The van der Waals surface area contributed by atoms with E-state index in [2.05, 4.69) is 0 Å². The smallest absolute Gasteiger partial charge is 0.312 e. The number of hydrogen-bond acceptors (Lipinski definition) is 4. The van der Waals surface area contributed by atoms with Crippen molar-refractivity contribution in [3.05, 3.63) is 30.1 Å². The average molecular weight is 416 g/mol. The predicted octanol–water partition coefficient (Wildman–Crippen LogP) is 0.472. The summed E-state index contributed by atoms with van der Waals surface area (Å²) in [5, 5.41) is 0. The SMILES string of the molecule is O=C(C(=O)N1CCN(C(=O)[C@@H]2CC(=O)N(c3ccccc3F)C2)CC1)N1CCCC1. The van der Waals surface area contributed by atoms with E-state index in [1.807, 2.05) is 0 Å². The van der Waals surface area contributed by atoms with Crippen molar-refractivity contribution in [2.24, 2.45) is 5.92 Å². The molecule has 1 aromatic rings. The van der Waals surface area contributed by atoms with Gasteiger partial charge in [0.1, 0.15) is 5.82 Å². The predicted molar refractivity (Wildman–Crippen MR) is 106 cm³/mol. The fraction of sp³-hybridized carbons (Fsp3) is 0.524. The zero-order valence-electron chi connectivity index (χ0n) is 16.8. The maximum atomic E-state index is 14.0. The fourth-order valence-corrected chi connectivity index (χ4v) is 4.36. The number of carbonyl (C=O) groups excluding carboxylic acids is 4. The summed E-state index contributed by atoms with van der Waals surface area (Å²) in [7, 11) is 0. The van der Waals surface area contributed by atoms with Gasteiger partial charge in [0, 0.05) is 52.2 Å². The van der Waals surface area contributed by atoms with Crippen LogP contribution in [0.3, 0.4) is 0 Å². The van der Waals surface area contributed by atoms with Gasteiger partial charge >= 0.3 is 11.8 Å². The molecule has 9 heteroatoms. The molecule has 0 N–H and O–H groups in total. The van der Waals surface area contributed by atoms with Crippen molar-refractivity contribution >= 4 is 29.3 Å². The Bertz CT molecular complexity index is 862. The number of carbonyl (C=O) groups is 4. The third kappa shape index (κ3) is 3.88. The number of piperazine rings is 1. The molecule has 0 bridgehead atoms. The minimum Gasteiger partial charge on any atom is -0.339 e. The first kappa shape index (κ1) is 20.3. The molecule has 0 saturated carbocycles. The van der Waals surface area contributed by atoms with Crippen molar-refractivity contribution in [1.82, 2.24) is 14.7 Å². The van der Waals surface area contributed by atoms with Gasteiger partial charge in [-0.15, -0.1) is 0 Å². The van der Waals surface area contributed by atoms with Gasteiger partial charge in [-0.05, 0) is 25.0 Å². The minimum atomic E-state index is -0.536. The summed E-state index contributed by atoms with van der Waals surface area (Å²) in [5.74, 6) is -2.44. The molecule has 0 radical (unpaired) electrons. The van der Waals surface area contributed by atoms with E-state index in [4.69, 9.17) is 0 Å². The molecule has 3 heterocycles. The molecule has 8 nitrogen and oxygen atoms in total. The molecule has 3 fully saturated rings. The minimum absolute atomic E-state index is 0.0414. The number of amides is 4. The van der Waals surface area contributed by atoms with E-state index < -0.39 is 23.5 Å². The second-order valence-electron chi connectivity index (χ2n) is 7.97. The largest absolute Gasteiger partial charge is 0.339 e. The molecule has 160 valence electrons. The summed E-state index contributed by atoms with van der Waals surface area (Å²) in [4.78, 5) is 56.0. The topological polar surface area (TPSA) is 81.2 Å². The molecule has 1 aromatic carbocycles. The lowest BCUT2D eigenvalue weighted by atomic mass is 10.1. The first-order valence-electron chi connectivity index (χ1n) is 10.4. The number of nitrogens with zero attached hydrogens (tertiary/aromatic N) is 4. The number of hydrogen-bond donors (Lipinski definition) is 0. The Balaban J connectivity index is 1.32. The van der Waals surface area contributed by atoms with E-state index in [9.17, 15) is 23.6 Å². The number of rotatable bonds is 2. The highest BCUT2D eigenvalue weighted by Crippen LogP contribution is 2.28. The first-order chi connectivity index (χ1) is 14.5. The Morgan fingerprint density at radius 1 is 0.833 bits per heavy atom. The molecule has 3 aliphatic rings. The molecule has 4 amide bonds. The molecule has 3 aliphatic heterocycles. The van der Waals surface area contributed by atoms with E-state index in [-0.39, 0.29) is 30.5 Å². The van der Waals surface area contributed by atoms with E-state index in [0.717, 1.165) is 12.8 Å². The molecular formula is C21H25FN4O4. The quantitative estimate of drug-likeness (QED) is 0.657. The lowest BCUT2D eigenvalue weighted by Crippen LogP contribution is -2.55. The standard InChI is InChI=1S/C21H25FN4O4/c22-16-5-1-2-6-17(16)26-14-15(13-18(26)27)19(28)24-9-11-25(12-10-24)21(30)20(29)23-7-3-4-8-23/h1-2,5-6,15H,3-4,7-14H2/t15-/m1/s1. The summed E-state index contributed by atoms with van der Waals surface area (Å²) in [5.41, 5.74) is 0.189. The fourth-order valence-electron chi connectivity index (χ4n) is 4.36. The number of anilines is 1. The van der Waals surface area contributed by atoms with Crippen LogP contribution in [0.15, 0.2) is 24.3 Å². The van der Waals surface area contributed by atoms with Crippen LogP contribution < -0.4 is 4.90 Å². The highest BCUT2D eigenvalue weighted by atomic mass is 19.1. The molecule has 0 spiro atoms. The van der Waals surface area contributed by atoms with Gasteiger partial charge < -0.3 is 19.6 Å². The van der Waals surface area contributed by atoms with E-state index in [1.54, 1.807) is 21.9 Å². The van der Waals surface area contributed by atoms with Crippen LogP contribution in [0, 0.1) is 11.7 Å². The lowest BCUT2D eigenvalue weighted by Gasteiger charge is -2.36. The molecule has 0 unspecified atom stereocenters. The third-order valence-electron chi connectivity index (χ3n) is 6.07. The molecule has 3 saturated heterocycles. The normalized spacial score (nSPS) is 22.0. The van der Waals surface area contributed by atoms with Gasteiger partial charge in [0.25, 0.3) is 0 Å². The van der Waals surface area contributed by atoms with Gasteiger partial charge in [-0.25, -0.2) is 4.39 Å². The molecule has 1 atom stereocenters. The van der Waals surface area contributed by atoms with Gasteiger partial charge in [0.15, 0.2) is 0 Å². The van der Waals surface area contributed by atoms with E-state index in [1.165, 1.54) is 21.9 Å². The number of likely N-dealkylation sites (tertiary alicyclic amines) is 1. The van der Waals surface area contributed by atoms with E-state index >= 15 is 0 Å². The van der Waals surface area contributed by atoms with Gasteiger partial charge in [-0.2, -0.15) is 0 Å². The van der Waals surface area contributed by atoms with Crippen molar-refractivity contribution in [1.29, 1.82) is 0 Å². The summed E-state index contributed by atoms with van der Waals surface area (Å²) in [6.45, 7) is 2.62. The van der Waals surface area contributed by atoms with Crippen molar-refractivity contribution in [3.63, 3.8) is 0 Å². The second-order valence-corrected chi connectivity index (χ2v) is 7.97. The van der Waals surface area contributed by atoms with Crippen LogP contribution in [0.4, 0.5) is 10.1 Å². The van der Waals surface area contributed by atoms with Gasteiger partial charge in [-0.1, -0.05) is 12.1 Å². The lowest BCUT2D eigenvalue weighted by molar-refractivity contribution is -0.153. The maximum Gasteiger partial charge on any atom is 0.312 e. The zero-order chi connectivity index (χ0) is 21.3. The zero-order valence-corrected chi connectivity index (χ0v) is 16.8. The summed E-state index contributed by atoms with van der Waals surface area (Å²) in [6, 6.07) is 6.02. The van der Waals surface area contributed by atoms with Crippen molar-refractivity contribution in [3.8, 4) is 0 Å². The Morgan fingerprint density at radius 2 is 1.40 bits per heavy atom. The van der Waals surface area contributed by atoms with E-state index in [0.29, 0.717) is 39.3 Å².